The third kappa shape index (κ3) is 4.43. The summed E-state index contributed by atoms with van der Waals surface area (Å²) in [6.45, 7) is 3.31. The molecule has 1 fully saturated rings. The van der Waals surface area contributed by atoms with E-state index in [0.717, 1.165) is 54.6 Å². The van der Waals surface area contributed by atoms with E-state index in [2.05, 4.69) is 34.5 Å². The van der Waals surface area contributed by atoms with Crippen LogP contribution in [-0.2, 0) is 17.9 Å². The number of aromatic nitrogens is 5. The molecule has 0 spiro atoms. The SMILES string of the molecule is CN(C)C(=O)CN1Cc2cc(Cl)ccc2-n2c(nnc2C2CCN(c3ccncn3)CC2)C1. The summed E-state index contributed by atoms with van der Waals surface area (Å²) in [5.41, 5.74) is 2.12. The molecule has 0 radical (unpaired) electrons. The topological polar surface area (TPSA) is 83.3 Å². The molecule has 172 valence electrons. The Morgan fingerprint density at radius 1 is 1.15 bits per heavy atom. The molecule has 10 heteroatoms. The van der Waals surface area contributed by atoms with Gasteiger partial charge in [-0.05, 0) is 42.7 Å². The molecule has 9 nitrogen and oxygen atoms in total. The normalized spacial score (nSPS) is 16.8. The number of carbonyl (C=O) groups excluding carboxylic acids is 1. The van der Waals surface area contributed by atoms with Gasteiger partial charge in [0.1, 0.15) is 18.0 Å². The second kappa shape index (κ2) is 9.07. The van der Waals surface area contributed by atoms with Crippen LogP contribution in [0.3, 0.4) is 0 Å². The van der Waals surface area contributed by atoms with E-state index in [1.165, 1.54) is 0 Å². The summed E-state index contributed by atoms with van der Waals surface area (Å²) >= 11 is 6.35. The molecule has 0 atom stereocenters. The Morgan fingerprint density at radius 3 is 2.70 bits per heavy atom. The first-order chi connectivity index (χ1) is 16.0. The maximum absolute atomic E-state index is 12.4. The summed E-state index contributed by atoms with van der Waals surface area (Å²) in [6.07, 6.45) is 5.30. The predicted octanol–water partition coefficient (Wildman–Crippen LogP) is 2.50. The van der Waals surface area contributed by atoms with Crippen LogP contribution in [0.5, 0.6) is 0 Å². The monoisotopic (exact) mass is 466 g/mol. The molecule has 0 N–H and O–H groups in total. The van der Waals surface area contributed by atoms with Crippen LogP contribution in [0.2, 0.25) is 5.02 Å². The average molecular weight is 467 g/mol. The summed E-state index contributed by atoms with van der Waals surface area (Å²) in [5, 5.41) is 9.90. The lowest BCUT2D eigenvalue weighted by Gasteiger charge is -2.32. The highest BCUT2D eigenvalue weighted by Gasteiger charge is 2.30. The van der Waals surface area contributed by atoms with E-state index < -0.39 is 0 Å². The standard InChI is InChI=1S/C23H27ClN8O/c1-29(2)22(33)14-30-12-17-11-18(24)3-4-19(17)32-21(13-30)27-28-23(32)16-6-9-31(10-7-16)20-5-8-25-15-26-20/h3-5,8,11,15-16H,6-7,9-10,12-14H2,1-2H3. The fourth-order valence-corrected chi connectivity index (χ4v) is 4.83. The van der Waals surface area contributed by atoms with Gasteiger partial charge in [-0.3, -0.25) is 14.3 Å². The number of halogens is 1. The molecule has 0 saturated carbocycles. The van der Waals surface area contributed by atoms with Crippen molar-refractivity contribution in [1.82, 2.24) is 34.5 Å². The molecular formula is C23H27ClN8O. The first-order valence-corrected chi connectivity index (χ1v) is 11.5. The molecule has 0 unspecified atom stereocenters. The van der Waals surface area contributed by atoms with E-state index in [9.17, 15) is 4.79 Å². The van der Waals surface area contributed by atoms with Crippen molar-refractivity contribution in [2.24, 2.45) is 0 Å². The van der Waals surface area contributed by atoms with Crippen LogP contribution in [-0.4, -0.2) is 74.2 Å². The Bertz CT molecular complexity index is 1140. The highest BCUT2D eigenvalue weighted by molar-refractivity contribution is 6.30. The van der Waals surface area contributed by atoms with Crippen molar-refractivity contribution in [3.63, 3.8) is 0 Å². The van der Waals surface area contributed by atoms with Crippen LogP contribution in [0.15, 0.2) is 36.8 Å². The molecule has 5 rings (SSSR count). The van der Waals surface area contributed by atoms with Crippen LogP contribution in [0, 0.1) is 0 Å². The van der Waals surface area contributed by atoms with Gasteiger partial charge in [-0.25, -0.2) is 9.97 Å². The minimum absolute atomic E-state index is 0.0591. The number of anilines is 1. The molecule has 33 heavy (non-hydrogen) atoms. The lowest BCUT2D eigenvalue weighted by atomic mass is 9.95. The van der Waals surface area contributed by atoms with Crippen molar-refractivity contribution in [3.8, 4) is 5.69 Å². The van der Waals surface area contributed by atoms with Crippen molar-refractivity contribution in [2.75, 3.05) is 38.6 Å². The van der Waals surface area contributed by atoms with Gasteiger partial charge in [0, 0.05) is 50.9 Å². The second-order valence-corrected chi connectivity index (χ2v) is 9.28. The van der Waals surface area contributed by atoms with Crippen molar-refractivity contribution in [2.45, 2.75) is 31.8 Å². The number of hydrogen-bond donors (Lipinski definition) is 0. The van der Waals surface area contributed by atoms with Crippen molar-refractivity contribution < 1.29 is 4.79 Å². The van der Waals surface area contributed by atoms with Gasteiger partial charge >= 0.3 is 0 Å². The highest BCUT2D eigenvalue weighted by atomic mass is 35.5. The lowest BCUT2D eigenvalue weighted by molar-refractivity contribution is -0.130. The van der Waals surface area contributed by atoms with Gasteiger partial charge in [0.15, 0.2) is 5.82 Å². The Balaban J connectivity index is 1.44. The zero-order chi connectivity index (χ0) is 22.9. The lowest BCUT2D eigenvalue weighted by Crippen LogP contribution is -2.35. The van der Waals surface area contributed by atoms with Crippen LogP contribution >= 0.6 is 11.6 Å². The van der Waals surface area contributed by atoms with E-state index in [1.807, 2.05) is 24.3 Å². The largest absolute Gasteiger partial charge is 0.356 e. The van der Waals surface area contributed by atoms with E-state index >= 15 is 0 Å². The Morgan fingerprint density at radius 2 is 1.97 bits per heavy atom. The minimum Gasteiger partial charge on any atom is -0.356 e. The fourth-order valence-electron chi connectivity index (χ4n) is 4.64. The number of nitrogens with zero attached hydrogens (tertiary/aromatic N) is 8. The smallest absolute Gasteiger partial charge is 0.236 e. The summed E-state index contributed by atoms with van der Waals surface area (Å²) in [4.78, 5) is 26.8. The first-order valence-electron chi connectivity index (χ1n) is 11.2. The number of fused-ring (bicyclic) bond motifs is 3. The van der Waals surface area contributed by atoms with Crippen LogP contribution in [0.1, 0.15) is 36.0 Å². The van der Waals surface area contributed by atoms with E-state index in [1.54, 1.807) is 31.5 Å². The van der Waals surface area contributed by atoms with Crippen molar-refractivity contribution >= 4 is 23.3 Å². The summed E-state index contributed by atoms with van der Waals surface area (Å²) in [5.74, 6) is 3.16. The molecule has 4 heterocycles. The Hall–Kier alpha value is -3.04. The summed E-state index contributed by atoms with van der Waals surface area (Å²) in [6, 6.07) is 7.89. The molecular weight excluding hydrogens is 440 g/mol. The number of likely N-dealkylation sites (N-methyl/N-ethyl adjacent to an activating group) is 1. The van der Waals surface area contributed by atoms with E-state index in [0.29, 0.717) is 30.6 Å². The third-order valence-corrected chi connectivity index (χ3v) is 6.64. The van der Waals surface area contributed by atoms with Gasteiger partial charge in [0.05, 0.1) is 18.8 Å². The van der Waals surface area contributed by atoms with Crippen molar-refractivity contribution in [3.05, 3.63) is 59.0 Å². The van der Waals surface area contributed by atoms with Gasteiger partial charge in [0.25, 0.3) is 0 Å². The average Bonchev–Trinajstić information content (AvgIpc) is 3.16. The number of benzene rings is 1. The quantitative estimate of drug-likeness (QED) is 0.584. The number of piperidine rings is 1. The molecule has 2 aliphatic rings. The van der Waals surface area contributed by atoms with Gasteiger partial charge in [-0.2, -0.15) is 0 Å². The maximum Gasteiger partial charge on any atom is 0.236 e. The van der Waals surface area contributed by atoms with E-state index in [4.69, 9.17) is 11.6 Å². The van der Waals surface area contributed by atoms with Gasteiger partial charge < -0.3 is 9.80 Å². The summed E-state index contributed by atoms with van der Waals surface area (Å²) in [7, 11) is 3.55. The number of hydrogen-bond acceptors (Lipinski definition) is 7. The molecule has 0 bridgehead atoms. The molecule has 1 aromatic carbocycles. The Labute approximate surface area is 198 Å². The third-order valence-electron chi connectivity index (χ3n) is 6.40. The zero-order valence-electron chi connectivity index (χ0n) is 18.9. The van der Waals surface area contributed by atoms with Crippen LogP contribution in [0.25, 0.3) is 5.69 Å². The van der Waals surface area contributed by atoms with Crippen LogP contribution < -0.4 is 4.90 Å². The second-order valence-electron chi connectivity index (χ2n) is 8.85. The molecule has 2 aliphatic heterocycles. The number of carbonyl (C=O) groups is 1. The fraction of sp³-hybridized carbons (Fsp3) is 0.435. The van der Waals surface area contributed by atoms with Crippen LogP contribution in [0.4, 0.5) is 5.82 Å². The molecule has 1 amide bonds. The molecule has 0 aliphatic carbocycles. The molecule has 3 aromatic rings. The van der Waals surface area contributed by atoms with E-state index in [-0.39, 0.29) is 5.91 Å². The first kappa shape index (κ1) is 21.8. The molecule has 2 aromatic heterocycles. The van der Waals surface area contributed by atoms with Crippen molar-refractivity contribution in [1.29, 1.82) is 0 Å². The van der Waals surface area contributed by atoms with Gasteiger partial charge in [-0.15, -0.1) is 10.2 Å². The number of rotatable bonds is 4. The maximum atomic E-state index is 12.4. The zero-order valence-corrected chi connectivity index (χ0v) is 19.6. The Kier molecular flexibility index (Phi) is 5.99. The number of amides is 1. The minimum atomic E-state index is 0.0591. The van der Waals surface area contributed by atoms with Gasteiger partial charge in [-0.1, -0.05) is 11.6 Å². The van der Waals surface area contributed by atoms with Gasteiger partial charge in [0.2, 0.25) is 5.91 Å². The highest BCUT2D eigenvalue weighted by Crippen LogP contribution is 2.34. The molecule has 1 saturated heterocycles. The summed E-state index contributed by atoms with van der Waals surface area (Å²) < 4.78 is 2.19. The predicted molar refractivity (Wildman–Crippen MR) is 125 cm³/mol.